The predicted molar refractivity (Wildman–Crippen MR) is 134 cm³/mol. The topological polar surface area (TPSA) is 92.8 Å². The van der Waals surface area contributed by atoms with E-state index in [2.05, 4.69) is 37.5 Å². The lowest BCUT2D eigenvalue weighted by Gasteiger charge is -2.19. The molecule has 1 amide bonds. The average molecular weight is 477 g/mol. The van der Waals surface area contributed by atoms with Gasteiger partial charge < -0.3 is 24.5 Å². The highest BCUT2D eigenvalue weighted by atomic mass is 16.7. The molecule has 0 fully saturated rings. The molecule has 0 saturated carbocycles. The van der Waals surface area contributed by atoms with Gasteiger partial charge in [-0.15, -0.1) is 0 Å². The zero-order valence-electron chi connectivity index (χ0n) is 20.9. The minimum Gasteiger partial charge on any atom is -0.469 e. The summed E-state index contributed by atoms with van der Waals surface area (Å²) in [4.78, 5) is 24.7. The number of benzene rings is 2. The molecule has 2 aromatic carbocycles. The maximum Gasteiger partial charge on any atom is 0.305 e. The Morgan fingerprint density at radius 3 is 2.37 bits per heavy atom. The van der Waals surface area contributed by atoms with Gasteiger partial charge in [0.25, 0.3) is 5.91 Å². The number of nitrogens with zero attached hydrogens (tertiary/aromatic N) is 1. The van der Waals surface area contributed by atoms with Gasteiger partial charge in [0, 0.05) is 23.5 Å². The second-order valence-corrected chi connectivity index (χ2v) is 9.82. The molecule has 0 spiro atoms. The fraction of sp³-hybridized carbons (Fsp3) is 0.357. The van der Waals surface area contributed by atoms with Gasteiger partial charge in [-0.05, 0) is 47.6 Å². The summed E-state index contributed by atoms with van der Waals surface area (Å²) in [6.45, 7) is 9.05. The number of carbonyl (C=O) groups is 2. The molecule has 2 N–H and O–H groups in total. The second kappa shape index (κ2) is 9.49. The van der Waals surface area contributed by atoms with Crippen molar-refractivity contribution in [3.8, 4) is 22.6 Å². The molecule has 184 valence electrons. The minimum atomic E-state index is -0.499. The Bertz CT molecular complexity index is 1270. The molecule has 2 heterocycles. The van der Waals surface area contributed by atoms with Gasteiger partial charge in [0.1, 0.15) is 0 Å². The van der Waals surface area contributed by atoms with Crippen LogP contribution in [0, 0.1) is 6.92 Å². The zero-order chi connectivity index (χ0) is 25.3. The SMILES string of the molecule is COC(=O)CCc1c(-c2ccc(C(C)(C)C)cc2)c(C(N)=O)c(C)n1Cc1ccc2c(c1)OCO2. The summed E-state index contributed by atoms with van der Waals surface area (Å²) in [5.41, 5.74) is 11.8. The lowest BCUT2D eigenvalue weighted by molar-refractivity contribution is -0.140. The second-order valence-electron chi connectivity index (χ2n) is 9.82. The minimum absolute atomic E-state index is 0.0000372. The monoisotopic (exact) mass is 476 g/mol. The van der Waals surface area contributed by atoms with E-state index in [9.17, 15) is 9.59 Å². The van der Waals surface area contributed by atoms with Crippen LogP contribution in [0.15, 0.2) is 42.5 Å². The fourth-order valence-corrected chi connectivity index (χ4v) is 4.57. The van der Waals surface area contributed by atoms with Crippen molar-refractivity contribution in [1.82, 2.24) is 4.57 Å². The van der Waals surface area contributed by atoms with Crippen LogP contribution in [0.5, 0.6) is 11.5 Å². The Morgan fingerprint density at radius 1 is 1.06 bits per heavy atom. The number of rotatable bonds is 7. The van der Waals surface area contributed by atoms with Crippen molar-refractivity contribution in [2.24, 2.45) is 5.73 Å². The summed E-state index contributed by atoms with van der Waals surface area (Å²) >= 11 is 0. The van der Waals surface area contributed by atoms with Crippen molar-refractivity contribution in [2.45, 2.75) is 52.5 Å². The van der Waals surface area contributed by atoms with Gasteiger partial charge in [0.15, 0.2) is 11.5 Å². The summed E-state index contributed by atoms with van der Waals surface area (Å²) in [5, 5.41) is 0. The van der Waals surface area contributed by atoms with Gasteiger partial charge >= 0.3 is 5.97 Å². The Balaban J connectivity index is 1.85. The van der Waals surface area contributed by atoms with Crippen LogP contribution >= 0.6 is 0 Å². The van der Waals surface area contributed by atoms with Crippen molar-refractivity contribution in [1.29, 1.82) is 0 Å². The molecule has 0 saturated heterocycles. The van der Waals surface area contributed by atoms with E-state index < -0.39 is 5.91 Å². The number of ether oxygens (including phenoxy) is 3. The van der Waals surface area contributed by atoms with Gasteiger partial charge in [0.05, 0.1) is 19.1 Å². The first-order valence-corrected chi connectivity index (χ1v) is 11.7. The molecule has 1 aromatic heterocycles. The van der Waals surface area contributed by atoms with E-state index in [0.717, 1.165) is 28.1 Å². The molecule has 35 heavy (non-hydrogen) atoms. The standard InChI is InChI=1S/C28H32N2O5/c1-17-25(27(29)32)26(19-7-9-20(10-8-19)28(2,3)4)21(11-13-24(31)33-5)30(17)15-18-6-12-22-23(14-18)35-16-34-22/h6-10,12,14H,11,13,15-16H2,1-5H3,(H2,29,32). The molecule has 0 aliphatic carbocycles. The molecule has 7 heteroatoms. The van der Waals surface area contributed by atoms with E-state index in [4.69, 9.17) is 19.9 Å². The van der Waals surface area contributed by atoms with Gasteiger partial charge in [-0.25, -0.2) is 0 Å². The number of amides is 1. The third-order valence-electron chi connectivity index (χ3n) is 6.49. The van der Waals surface area contributed by atoms with E-state index in [1.165, 1.54) is 12.7 Å². The first-order chi connectivity index (χ1) is 16.6. The van der Waals surface area contributed by atoms with Crippen LogP contribution in [0.1, 0.15) is 60.1 Å². The first-order valence-electron chi connectivity index (χ1n) is 11.7. The van der Waals surface area contributed by atoms with Crippen LogP contribution in [-0.4, -0.2) is 30.3 Å². The molecule has 0 radical (unpaired) electrons. The summed E-state index contributed by atoms with van der Waals surface area (Å²) in [6, 6.07) is 14.0. The van der Waals surface area contributed by atoms with E-state index in [1.807, 2.05) is 37.3 Å². The number of hydrogen-bond donors (Lipinski definition) is 1. The Morgan fingerprint density at radius 2 is 1.74 bits per heavy atom. The van der Waals surface area contributed by atoms with Crippen LogP contribution in [0.2, 0.25) is 0 Å². The average Bonchev–Trinajstić information content (AvgIpc) is 3.39. The summed E-state index contributed by atoms with van der Waals surface area (Å²) in [6.07, 6.45) is 0.591. The molecule has 3 aromatic rings. The van der Waals surface area contributed by atoms with Crippen molar-refractivity contribution in [2.75, 3.05) is 13.9 Å². The van der Waals surface area contributed by atoms with Crippen molar-refractivity contribution < 1.29 is 23.8 Å². The molecular formula is C28H32N2O5. The van der Waals surface area contributed by atoms with Crippen molar-refractivity contribution >= 4 is 11.9 Å². The van der Waals surface area contributed by atoms with E-state index in [-0.39, 0.29) is 24.6 Å². The third kappa shape index (κ3) is 4.90. The van der Waals surface area contributed by atoms with Gasteiger partial charge in [-0.1, -0.05) is 51.1 Å². The quantitative estimate of drug-likeness (QED) is 0.497. The lowest BCUT2D eigenvalue weighted by Crippen LogP contribution is -2.14. The van der Waals surface area contributed by atoms with Crippen LogP contribution in [0.4, 0.5) is 0 Å². The maximum atomic E-state index is 12.7. The highest BCUT2D eigenvalue weighted by Gasteiger charge is 2.26. The smallest absolute Gasteiger partial charge is 0.305 e. The maximum absolute atomic E-state index is 12.7. The van der Waals surface area contributed by atoms with Gasteiger partial charge in [-0.3, -0.25) is 9.59 Å². The molecule has 1 aliphatic rings. The van der Waals surface area contributed by atoms with Crippen LogP contribution in [0.3, 0.4) is 0 Å². The molecule has 7 nitrogen and oxygen atoms in total. The Kier molecular flexibility index (Phi) is 6.61. The first kappa shape index (κ1) is 24.4. The number of primary amides is 1. The summed E-state index contributed by atoms with van der Waals surface area (Å²) in [5.74, 6) is 0.590. The number of carbonyl (C=O) groups excluding carboxylic acids is 2. The Hall–Kier alpha value is -3.74. The van der Waals surface area contributed by atoms with E-state index in [1.54, 1.807) is 0 Å². The molecule has 0 atom stereocenters. The zero-order valence-corrected chi connectivity index (χ0v) is 20.9. The fourth-order valence-electron chi connectivity index (χ4n) is 4.57. The molecule has 4 rings (SSSR count). The number of methoxy groups -OCH3 is 1. The van der Waals surface area contributed by atoms with E-state index in [0.29, 0.717) is 30.0 Å². The molecule has 0 unspecified atom stereocenters. The van der Waals surface area contributed by atoms with E-state index >= 15 is 0 Å². The van der Waals surface area contributed by atoms with Crippen LogP contribution < -0.4 is 15.2 Å². The highest BCUT2D eigenvalue weighted by Crippen LogP contribution is 2.37. The van der Waals surface area contributed by atoms with Crippen LogP contribution in [0.25, 0.3) is 11.1 Å². The van der Waals surface area contributed by atoms with Gasteiger partial charge in [-0.2, -0.15) is 0 Å². The van der Waals surface area contributed by atoms with Gasteiger partial charge in [0.2, 0.25) is 6.79 Å². The van der Waals surface area contributed by atoms with Crippen LogP contribution in [-0.2, 0) is 27.9 Å². The number of aromatic nitrogens is 1. The van der Waals surface area contributed by atoms with Crippen molar-refractivity contribution in [3.05, 3.63) is 70.5 Å². The summed E-state index contributed by atoms with van der Waals surface area (Å²) in [7, 11) is 1.38. The third-order valence-corrected chi connectivity index (χ3v) is 6.49. The van der Waals surface area contributed by atoms with Crippen molar-refractivity contribution in [3.63, 3.8) is 0 Å². The number of fused-ring (bicyclic) bond motifs is 1. The lowest BCUT2D eigenvalue weighted by atomic mass is 9.86. The number of hydrogen-bond acceptors (Lipinski definition) is 5. The largest absolute Gasteiger partial charge is 0.469 e. The molecule has 1 aliphatic heterocycles. The normalized spacial score (nSPS) is 12.6. The predicted octanol–water partition coefficient (Wildman–Crippen LogP) is 4.74. The molecular weight excluding hydrogens is 444 g/mol. The number of nitrogens with two attached hydrogens (primary N) is 1. The highest BCUT2D eigenvalue weighted by molar-refractivity contribution is 6.02. The molecule has 0 bridgehead atoms. The number of esters is 1. The Labute approximate surface area is 205 Å². The summed E-state index contributed by atoms with van der Waals surface area (Å²) < 4.78 is 17.9.